The molecule has 1 saturated heterocycles. The number of Topliss-reactive ketones (excluding diaryl/α,β-unsaturated/α-hetero) is 1. The molecule has 6 nitrogen and oxygen atoms in total. The molecule has 1 saturated carbocycles. The molecule has 28 heavy (non-hydrogen) atoms. The number of hydrogen-bond acceptors (Lipinski definition) is 5. The molecule has 3 rings (SSSR count). The maximum atomic E-state index is 12.5. The first-order chi connectivity index (χ1) is 13.2. The number of imide groups is 1. The number of carbonyl (C=O) groups excluding carboxylic acids is 4. The molecule has 1 aliphatic heterocycles. The van der Waals surface area contributed by atoms with Gasteiger partial charge in [0.05, 0.1) is 11.8 Å². The number of rotatable bonds is 5. The van der Waals surface area contributed by atoms with Gasteiger partial charge in [0, 0.05) is 5.56 Å². The molecule has 2 amide bonds. The lowest BCUT2D eigenvalue weighted by molar-refractivity contribution is -0.152. The minimum absolute atomic E-state index is 0.279. The van der Waals surface area contributed by atoms with Crippen molar-refractivity contribution in [2.45, 2.75) is 53.4 Å². The largest absolute Gasteiger partial charge is 0.456 e. The Kier molecular flexibility index (Phi) is 5.68. The van der Waals surface area contributed by atoms with Crippen LogP contribution >= 0.6 is 0 Å². The summed E-state index contributed by atoms with van der Waals surface area (Å²) < 4.78 is 5.10. The zero-order valence-electron chi connectivity index (χ0n) is 17.0. The van der Waals surface area contributed by atoms with Crippen molar-refractivity contribution in [2.75, 3.05) is 13.2 Å². The number of hydrogen-bond donors (Lipinski definition) is 0. The smallest absolute Gasteiger partial charge is 0.326 e. The van der Waals surface area contributed by atoms with Gasteiger partial charge in [0.1, 0.15) is 6.54 Å². The van der Waals surface area contributed by atoms with Crippen molar-refractivity contribution in [3.8, 4) is 0 Å². The lowest BCUT2D eigenvalue weighted by Crippen LogP contribution is -2.37. The molecule has 6 heteroatoms. The number of esters is 1. The van der Waals surface area contributed by atoms with Gasteiger partial charge >= 0.3 is 5.97 Å². The summed E-state index contributed by atoms with van der Waals surface area (Å²) in [4.78, 5) is 50.6. The molecule has 0 unspecified atom stereocenters. The van der Waals surface area contributed by atoms with Gasteiger partial charge in [-0.05, 0) is 68.9 Å². The van der Waals surface area contributed by atoms with E-state index in [1.54, 1.807) is 0 Å². The molecule has 0 spiro atoms. The minimum Gasteiger partial charge on any atom is -0.456 e. The fraction of sp³-hybridized carbons (Fsp3) is 0.545. The van der Waals surface area contributed by atoms with Gasteiger partial charge in [-0.25, -0.2) is 0 Å². The van der Waals surface area contributed by atoms with Crippen LogP contribution in [0, 0.1) is 39.5 Å². The first-order valence-corrected chi connectivity index (χ1v) is 9.83. The maximum absolute atomic E-state index is 12.5. The summed E-state index contributed by atoms with van der Waals surface area (Å²) in [5.74, 6) is -2.16. The van der Waals surface area contributed by atoms with Crippen LogP contribution < -0.4 is 0 Å². The number of nitrogens with zero attached hydrogens (tertiary/aromatic N) is 1. The zero-order valence-corrected chi connectivity index (χ0v) is 17.0. The molecule has 1 aromatic rings. The molecule has 1 heterocycles. The topological polar surface area (TPSA) is 80.8 Å². The van der Waals surface area contributed by atoms with Crippen LogP contribution in [0.3, 0.4) is 0 Å². The van der Waals surface area contributed by atoms with Gasteiger partial charge in [-0.3, -0.25) is 24.1 Å². The van der Waals surface area contributed by atoms with Crippen molar-refractivity contribution in [2.24, 2.45) is 11.8 Å². The first-order valence-electron chi connectivity index (χ1n) is 9.83. The standard InChI is InChI=1S/C22H27NO5/c1-12-9-18(15(4)14(3)13(12)2)19(24)11-28-20(25)10-23-21(26)16-7-5-6-8-17(16)22(23)27/h9,16-17H,5-8,10-11H2,1-4H3/t16-,17+. The molecule has 2 aliphatic rings. The number of amides is 2. The van der Waals surface area contributed by atoms with E-state index in [0.717, 1.165) is 40.0 Å². The molecule has 0 aromatic heterocycles. The van der Waals surface area contributed by atoms with Crippen molar-refractivity contribution < 1.29 is 23.9 Å². The Hall–Kier alpha value is -2.50. The second kappa shape index (κ2) is 7.86. The number of likely N-dealkylation sites (tertiary alicyclic amines) is 1. The third-order valence-electron chi connectivity index (χ3n) is 6.37. The zero-order chi connectivity index (χ0) is 20.6. The molecule has 0 bridgehead atoms. The SMILES string of the molecule is Cc1cc(C(=O)COC(=O)CN2C(=O)[C@H]3CCCC[C@H]3C2=O)c(C)c(C)c1C. The summed E-state index contributed by atoms with van der Waals surface area (Å²) in [5.41, 5.74) is 4.60. The Balaban J connectivity index is 1.61. The van der Waals surface area contributed by atoms with Gasteiger partial charge in [-0.1, -0.05) is 12.8 Å². The lowest BCUT2D eigenvalue weighted by atomic mass is 9.81. The average molecular weight is 385 g/mol. The van der Waals surface area contributed by atoms with Crippen LogP contribution in [0.25, 0.3) is 0 Å². The van der Waals surface area contributed by atoms with Crippen molar-refractivity contribution in [1.82, 2.24) is 4.90 Å². The highest BCUT2D eigenvalue weighted by atomic mass is 16.5. The summed E-state index contributed by atoms with van der Waals surface area (Å²) in [6.07, 6.45) is 3.26. The van der Waals surface area contributed by atoms with Gasteiger partial charge in [-0.2, -0.15) is 0 Å². The number of aryl methyl sites for hydroxylation is 1. The third-order valence-corrected chi connectivity index (χ3v) is 6.37. The van der Waals surface area contributed by atoms with E-state index >= 15 is 0 Å². The Bertz CT molecular complexity index is 833. The summed E-state index contributed by atoms with van der Waals surface area (Å²) in [7, 11) is 0. The molecular formula is C22H27NO5. The first kappa shape index (κ1) is 20.2. The molecule has 2 atom stereocenters. The highest BCUT2D eigenvalue weighted by molar-refractivity contribution is 6.07. The van der Waals surface area contributed by atoms with Crippen LogP contribution in [-0.4, -0.2) is 41.6 Å². The fourth-order valence-electron chi connectivity index (χ4n) is 4.29. The Morgan fingerprint density at radius 2 is 1.54 bits per heavy atom. The van der Waals surface area contributed by atoms with Crippen LogP contribution in [-0.2, 0) is 19.1 Å². The molecule has 0 radical (unpaired) electrons. The van der Waals surface area contributed by atoms with Gasteiger partial charge in [-0.15, -0.1) is 0 Å². The van der Waals surface area contributed by atoms with Gasteiger partial charge < -0.3 is 4.74 Å². The predicted molar refractivity (Wildman–Crippen MR) is 103 cm³/mol. The van der Waals surface area contributed by atoms with E-state index in [1.807, 2.05) is 33.8 Å². The minimum atomic E-state index is -0.730. The number of benzene rings is 1. The van der Waals surface area contributed by atoms with E-state index in [4.69, 9.17) is 4.74 Å². The van der Waals surface area contributed by atoms with Crippen LogP contribution in [0.2, 0.25) is 0 Å². The lowest BCUT2D eigenvalue weighted by Gasteiger charge is -2.19. The quantitative estimate of drug-likeness (QED) is 0.442. The van der Waals surface area contributed by atoms with E-state index in [0.29, 0.717) is 18.4 Å². The second-order valence-electron chi connectivity index (χ2n) is 7.96. The van der Waals surface area contributed by atoms with E-state index in [1.165, 1.54) is 0 Å². The van der Waals surface area contributed by atoms with E-state index < -0.39 is 19.1 Å². The predicted octanol–water partition coefficient (Wildman–Crippen LogP) is 2.82. The summed E-state index contributed by atoms with van der Waals surface area (Å²) in [6, 6.07) is 1.81. The third kappa shape index (κ3) is 3.60. The number of ether oxygens (including phenoxy) is 1. The molecule has 1 aromatic carbocycles. The maximum Gasteiger partial charge on any atom is 0.326 e. The Labute approximate surface area is 165 Å². The summed E-state index contributed by atoms with van der Waals surface area (Å²) >= 11 is 0. The molecular weight excluding hydrogens is 358 g/mol. The fourth-order valence-corrected chi connectivity index (χ4v) is 4.29. The molecule has 1 aliphatic carbocycles. The van der Waals surface area contributed by atoms with Crippen LogP contribution in [0.15, 0.2) is 6.07 Å². The Morgan fingerprint density at radius 3 is 2.11 bits per heavy atom. The number of carbonyl (C=O) groups is 4. The van der Waals surface area contributed by atoms with E-state index in [-0.39, 0.29) is 29.4 Å². The normalized spacial score (nSPS) is 21.6. The van der Waals surface area contributed by atoms with Gasteiger partial charge in [0.15, 0.2) is 6.61 Å². The highest BCUT2D eigenvalue weighted by Crippen LogP contribution is 2.37. The van der Waals surface area contributed by atoms with Crippen LogP contribution in [0.5, 0.6) is 0 Å². The van der Waals surface area contributed by atoms with Crippen LogP contribution in [0.4, 0.5) is 0 Å². The van der Waals surface area contributed by atoms with Crippen molar-refractivity contribution in [3.05, 3.63) is 33.9 Å². The highest BCUT2D eigenvalue weighted by Gasteiger charge is 2.48. The number of ketones is 1. The number of fused-ring (bicyclic) bond motifs is 1. The monoisotopic (exact) mass is 385 g/mol. The second-order valence-corrected chi connectivity index (χ2v) is 7.96. The van der Waals surface area contributed by atoms with E-state index in [9.17, 15) is 19.2 Å². The average Bonchev–Trinajstić information content (AvgIpc) is 2.92. The van der Waals surface area contributed by atoms with Gasteiger partial charge in [0.25, 0.3) is 0 Å². The summed E-state index contributed by atoms with van der Waals surface area (Å²) in [6.45, 7) is 6.97. The van der Waals surface area contributed by atoms with Crippen molar-refractivity contribution >= 4 is 23.6 Å². The Morgan fingerprint density at radius 1 is 0.964 bits per heavy atom. The molecule has 2 fully saturated rings. The van der Waals surface area contributed by atoms with Crippen molar-refractivity contribution in [1.29, 1.82) is 0 Å². The molecule has 150 valence electrons. The summed E-state index contributed by atoms with van der Waals surface area (Å²) in [5, 5.41) is 0. The van der Waals surface area contributed by atoms with Crippen molar-refractivity contribution in [3.63, 3.8) is 0 Å². The van der Waals surface area contributed by atoms with Crippen LogP contribution in [0.1, 0.15) is 58.3 Å². The van der Waals surface area contributed by atoms with Gasteiger partial charge in [0.2, 0.25) is 17.6 Å². The van der Waals surface area contributed by atoms with E-state index in [2.05, 4.69) is 0 Å². The molecule has 0 N–H and O–H groups in total.